The fourth-order valence-corrected chi connectivity index (χ4v) is 3.75. The molecule has 0 heterocycles. The molecule has 0 radical (unpaired) electrons. The SMILES string of the molecule is C1=CC23C=Cc4cccc5ccc(c2c45)C1=CC3. The highest BCUT2D eigenvalue weighted by Gasteiger charge is 2.38. The molecular formula is C18H12. The maximum atomic E-state index is 2.39. The second kappa shape index (κ2) is 2.67. The van der Waals surface area contributed by atoms with Crippen LogP contribution in [0.2, 0.25) is 0 Å². The normalized spacial score (nSPS) is 25.7. The Balaban J connectivity index is 2.10. The van der Waals surface area contributed by atoms with Crippen molar-refractivity contribution in [2.75, 3.05) is 0 Å². The lowest BCUT2D eigenvalue weighted by Crippen LogP contribution is -2.29. The third-order valence-corrected chi connectivity index (χ3v) is 4.63. The summed E-state index contributed by atoms with van der Waals surface area (Å²) in [6, 6.07) is 11.2. The molecule has 1 spiro atoms. The highest BCUT2D eigenvalue weighted by molar-refractivity contribution is 6.02. The molecule has 18 heavy (non-hydrogen) atoms. The summed E-state index contributed by atoms with van der Waals surface area (Å²) in [6.07, 6.45) is 12.9. The molecule has 1 unspecified atom stereocenters. The fraction of sp³-hybridized carbons (Fsp3) is 0.111. The lowest BCUT2D eigenvalue weighted by molar-refractivity contribution is 0.669. The maximum absolute atomic E-state index is 2.39. The van der Waals surface area contributed by atoms with Gasteiger partial charge in [0, 0.05) is 5.41 Å². The molecule has 2 aromatic carbocycles. The van der Waals surface area contributed by atoms with Crippen LogP contribution in [0.15, 0.2) is 54.6 Å². The molecule has 2 bridgehead atoms. The smallest absolute Gasteiger partial charge is 0.0365 e. The van der Waals surface area contributed by atoms with Gasteiger partial charge in [-0.1, -0.05) is 60.7 Å². The Morgan fingerprint density at radius 2 is 1.89 bits per heavy atom. The minimum absolute atomic E-state index is 0.130. The molecule has 2 aromatic rings. The molecule has 0 nitrogen and oxygen atoms in total. The quantitative estimate of drug-likeness (QED) is 0.624. The van der Waals surface area contributed by atoms with E-state index < -0.39 is 0 Å². The van der Waals surface area contributed by atoms with Gasteiger partial charge < -0.3 is 0 Å². The first-order valence-corrected chi connectivity index (χ1v) is 6.53. The largest absolute Gasteiger partial charge is 0.0751 e. The van der Waals surface area contributed by atoms with Crippen LogP contribution in [0.5, 0.6) is 0 Å². The van der Waals surface area contributed by atoms with Gasteiger partial charge in [0.25, 0.3) is 0 Å². The molecule has 0 fully saturated rings. The van der Waals surface area contributed by atoms with Crippen molar-refractivity contribution in [1.29, 1.82) is 0 Å². The molecule has 0 N–H and O–H groups in total. The Hall–Kier alpha value is -2.08. The van der Waals surface area contributed by atoms with Gasteiger partial charge in [-0.3, -0.25) is 0 Å². The van der Waals surface area contributed by atoms with Gasteiger partial charge in [0.1, 0.15) is 0 Å². The molecule has 6 rings (SSSR count). The zero-order valence-corrected chi connectivity index (χ0v) is 9.98. The van der Waals surface area contributed by atoms with Crippen molar-refractivity contribution in [2.24, 2.45) is 0 Å². The average Bonchev–Trinajstić information content (AvgIpc) is 2.46. The van der Waals surface area contributed by atoms with E-state index in [9.17, 15) is 0 Å². The summed E-state index contributed by atoms with van der Waals surface area (Å²) in [6.45, 7) is 0. The zero-order valence-electron chi connectivity index (χ0n) is 9.98. The van der Waals surface area contributed by atoms with E-state index in [1.54, 1.807) is 0 Å². The van der Waals surface area contributed by atoms with Crippen molar-refractivity contribution < 1.29 is 0 Å². The molecular weight excluding hydrogens is 216 g/mol. The molecule has 84 valence electrons. The third kappa shape index (κ3) is 0.830. The van der Waals surface area contributed by atoms with Crippen molar-refractivity contribution in [3.63, 3.8) is 0 Å². The minimum atomic E-state index is 0.130. The number of rotatable bonds is 0. The van der Waals surface area contributed by atoms with Crippen LogP contribution in [0, 0.1) is 0 Å². The topological polar surface area (TPSA) is 0 Å². The van der Waals surface area contributed by atoms with Crippen LogP contribution >= 0.6 is 0 Å². The van der Waals surface area contributed by atoms with Gasteiger partial charge >= 0.3 is 0 Å². The van der Waals surface area contributed by atoms with Crippen molar-refractivity contribution in [2.45, 2.75) is 11.8 Å². The highest BCUT2D eigenvalue weighted by Crippen LogP contribution is 2.51. The lowest BCUT2D eigenvalue weighted by Gasteiger charge is -2.40. The van der Waals surface area contributed by atoms with Gasteiger partial charge in [-0.05, 0) is 39.5 Å². The van der Waals surface area contributed by atoms with E-state index in [-0.39, 0.29) is 5.41 Å². The second-order valence-corrected chi connectivity index (χ2v) is 5.50. The van der Waals surface area contributed by atoms with E-state index >= 15 is 0 Å². The minimum Gasteiger partial charge on any atom is -0.0751 e. The maximum Gasteiger partial charge on any atom is 0.0365 e. The number of hydrogen-bond donors (Lipinski definition) is 0. The Labute approximate surface area is 106 Å². The van der Waals surface area contributed by atoms with E-state index in [4.69, 9.17) is 0 Å². The first-order chi connectivity index (χ1) is 8.87. The van der Waals surface area contributed by atoms with Gasteiger partial charge in [-0.25, -0.2) is 0 Å². The Bertz CT molecular complexity index is 802. The van der Waals surface area contributed by atoms with Crippen LogP contribution in [0.3, 0.4) is 0 Å². The van der Waals surface area contributed by atoms with Crippen molar-refractivity contribution in [1.82, 2.24) is 0 Å². The number of allylic oxidation sites excluding steroid dienone is 5. The number of fused-ring (bicyclic) bond motifs is 1. The first kappa shape index (κ1) is 8.93. The van der Waals surface area contributed by atoms with Crippen molar-refractivity contribution in [3.05, 3.63) is 71.3 Å². The third-order valence-electron chi connectivity index (χ3n) is 4.63. The van der Waals surface area contributed by atoms with E-state index in [2.05, 4.69) is 60.7 Å². The molecule has 0 amide bonds. The second-order valence-electron chi connectivity index (χ2n) is 5.50. The van der Waals surface area contributed by atoms with Gasteiger partial charge in [0.15, 0.2) is 0 Å². The van der Waals surface area contributed by atoms with Gasteiger partial charge in [0.05, 0.1) is 0 Å². The van der Waals surface area contributed by atoms with Crippen LogP contribution in [0.1, 0.15) is 23.1 Å². The molecule has 0 heteroatoms. The van der Waals surface area contributed by atoms with Gasteiger partial charge in [0.2, 0.25) is 0 Å². The highest BCUT2D eigenvalue weighted by atomic mass is 14.4. The molecule has 1 atom stereocenters. The Kier molecular flexibility index (Phi) is 1.32. The Morgan fingerprint density at radius 3 is 2.78 bits per heavy atom. The number of benzene rings is 2. The molecule has 4 aliphatic rings. The van der Waals surface area contributed by atoms with Crippen molar-refractivity contribution in [3.8, 4) is 0 Å². The lowest BCUT2D eigenvalue weighted by atomic mass is 9.63. The van der Waals surface area contributed by atoms with Gasteiger partial charge in [-0.15, -0.1) is 0 Å². The van der Waals surface area contributed by atoms with Crippen LogP contribution in [-0.4, -0.2) is 0 Å². The molecule has 0 saturated carbocycles. The van der Waals surface area contributed by atoms with E-state index in [0.717, 1.165) is 6.42 Å². The summed E-state index contributed by atoms with van der Waals surface area (Å²) in [5.41, 5.74) is 5.88. The van der Waals surface area contributed by atoms with Crippen LogP contribution < -0.4 is 0 Å². The standard InChI is InChI=1S/C18H12/c1-2-13-4-5-15-12-6-9-18(10-7-12)11-8-14(3-1)16(13)17(15)18/h1-9,11H,10H2. The predicted octanol–water partition coefficient (Wildman–Crippen LogP) is 4.46. The summed E-state index contributed by atoms with van der Waals surface area (Å²) in [7, 11) is 0. The summed E-state index contributed by atoms with van der Waals surface area (Å²) in [5, 5.41) is 2.84. The van der Waals surface area contributed by atoms with E-state index in [1.807, 2.05) is 0 Å². The van der Waals surface area contributed by atoms with Gasteiger partial charge in [-0.2, -0.15) is 0 Å². The molecule has 0 saturated heterocycles. The monoisotopic (exact) mass is 228 g/mol. The molecule has 0 aromatic heterocycles. The fourth-order valence-electron chi connectivity index (χ4n) is 3.75. The Morgan fingerprint density at radius 1 is 0.944 bits per heavy atom. The van der Waals surface area contributed by atoms with E-state index in [0.29, 0.717) is 0 Å². The molecule has 0 aliphatic heterocycles. The van der Waals surface area contributed by atoms with Crippen molar-refractivity contribution >= 4 is 22.4 Å². The predicted molar refractivity (Wildman–Crippen MR) is 76.4 cm³/mol. The number of hydrogen-bond acceptors (Lipinski definition) is 0. The average molecular weight is 228 g/mol. The van der Waals surface area contributed by atoms with E-state index in [1.165, 1.54) is 33.0 Å². The van der Waals surface area contributed by atoms with Crippen LogP contribution in [0.25, 0.3) is 22.4 Å². The first-order valence-electron chi connectivity index (χ1n) is 6.53. The molecule has 4 aliphatic carbocycles. The van der Waals surface area contributed by atoms with Crippen LogP contribution in [0.4, 0.5) is 0 Å². The zero-order chi connectivity index (χ0) is 11.7. The summed E-state index contributed by atoms with van der Waals surface area (Å²) >= 11 is 0. The van der Waals surface area contributed by atoms with Crippen LogP contribution in [-0.2, 0) is 5.41 Å². The summed E-state index contributed by atoms with van der Waals surface area (Å²) in [4.78, 5) is 0. The summed E-state index contributed by atoms with van der Waals surface area (Å²) < 4.78 is 0. The summed E-state index contributed by atoms with van der Waals surface area (Å²) in [5.74, 6) is 0.